The molecule has 148 valence electrons. The molecular formula is C20H20BrNO5S. The predicted octanol–water partition coefficient (Wildman–Crippen LogP) is 3.65. The Bertz CT molecular complexity index is 1010. The predicted molar refractivity (Wildman–Crippen MR) is 107 cm³/mol. The summed E-state index contributed by atoms with van der Waals surface area (Å²) < 4.78 is 39.4. The summed E-state index contributed by atoms with van der Waals surface area (Å²) in [4.78, 5) is 12.9. The number of sulfonamides is 1. The molecule has 4 rings (SSSR count). The Morgan fingerprint density at radius 3 is 2.43 bits per heavy atom. The quantitative estimate of drug-likeness (QED) is 0.691. The number of piperidine rings is 1. The maximum absolute atomic E-state index is 12.9. The molecule has 0 saturated carbocycles. The van der Waals surface area contributed by atoms with Gasteiger partial charge in [-0.3, -0.25) is 4.79 Å². The summed E-state index contributed by atoms with van der Waals surface area (Å²) in [5.74, 6) is 1.22. The fraction of sp³-hybridized carbons (Fsp3) is 0.350. The zero-order valence-corrected chi connectivity index (χ0v) is 17.8. The van der Waals surface area contributed by atoms with Crippen molar-refractivity contribution in [1.29, 1.82) is 0 Å². The van der Waals surface area contributed by atoms with Crippen molar-refractivity contribution in [2.45, 2.75) is 29.8 Å². The minimum Gasteiger partial charge on any atom is -0.497 e. The van der Waals surface area contributed by atoms with Crippen LogP contribution in [-0.4, -0.2) is 44.3 Å². The Balaban J connectivity index is 1.51. The third kappa shape index (κ3) is 3.44. The second-order valence-electron chi connectivity index (χ2n) is 7.11. The number of hydrogen-bond acceptors (Lipinski definition) is 5. The molecule has 0 radical (unpaired) electrons. The van der Waals surface area contributed by atoms with Gasteiger partial charge in [0.1, 0.15) is 17.1 Å². The average Bonchev–Trinajstić information content (AvgIpc) is 2.69. The van der Waals surface area contributed by atoms with E-state index in [9.17, 15) is 13.2 Å². The SMILES string of the molecule is COc1ccc(S(=O)(=O)N2CCC3(CC2)CC(=O)c2cc(Br)ccc2O3)cc1. The van der Waals surface area contributed by atoms with Crippen molar-refractivity contribution in [1.82, 2.24) is 4.31 Å². The van der Waals surface area contributed by atoms with Crippen LogP contribution in [0.15, 0.2) is 51.8 Å². The first-order valence-electron chi connectivity index (χ1n) is 8.99. The molecule has 0 N–H and O–H groups in total. The molecule has 2 aromatic carbocycles. The monoisotopic (exact) mass is 465 g/mol. The molecule has 8 heteroatoms. The number of methoxy groups -OCH3 is 1. The number of benzene rings is 2. The smallest absolute Gasteiger partial charge is 0.243 e. The summed E-state index contributed by atoms with van der Waals surface area (Å²) in [6.07, 6.45) is 1.22. The minimum absolute atomic E-state index is 0.0361. The van der Waals surface area contributed by atoms with E-state index >= 15 is 0 Å². The lowest BCUT2D eigenvalue weighted by atomic mass is 9.83. The third-order valence-corrected chi connectivity index (χ3v) is 7.79. The van der Waals surface area contributed by atoms with E-state index in [0.29, 0.717) is 43.0 Å². The molecule has 28 heavy (non-hydrogen) atoms. The van der Waals surface area contributed by atoms with Gasteiger partial charge in [0.2, 0.25) is 10.0 Å². The highest BCUT2D eigenvalue weighted by Gasteiger charge is 2.45. The second kappa shape index (κ2) is 7.17. The number of ketones is 1. The van der Waals surface area contributed by atoms with Crippen molar-refractivity contribution in [2.24, 2.45) is 0 Å². The number of ether oxygens (including phenoxy) is 2. The lowest BCUT2D eigenvalue weighted by Crippen LogP contribution is -2.52. The molecule has 1 spiro atoms. The van der Waals surface area contributed by atoms with Gasteiger partial charge in [0.05, 0.1) is 24.0 Å². The molecule has 6 nitrogen and oxygen atoms in total. The van der Waals surface area contributed by atoms with Crippen molar-refractivity contribution >= 4 is 31.7 Å². The summed E-state index contributed by atoms with van der Waals surface area (Å²) in [6, 6.07) is 11.8. The minimum atomic E-state index is -3.59. The molecule has 1 saturated heterocycles. The molecule has 0 amide bonds. The van der Waals surface area contributed by atoms with Crippen molar-refractivity contribution in [2.75, 3.05) is 20.2 Å². The standard InChI is InChI=1S/C20H20BrNO5S/c1-26-15-3-5-16(6-4-15)28(24,25)22-10-8-20(9-11-22)13-18(23)17-12-14(21)2-7-19(17)27-20/h2-7,12H,8-11,13H2,1H3. The van der Waals surface area contributed by atoms with Gasteiger partial charge in [0, 0.05) is 30.4 Å². The van der Waals surface area contributed by atoms with Crippen LogP contribution in [0.1, 0.15) is 29.6 Å². The molecule has 1 fully saturated rings. The molecule has 2 heterocycles. The zero-order chi connectivity index (χ0) is 19.9. The lowest BCUT2D eigenvalue weighted by molar-refractivity contribution is 0.00589. The number of fused-ring (bicyclic) bond motifs is 1. The molecule has 0 bridgehead atoms. The van der Waals surface area contributed by atoms with Gasteiger partial charge in [0.15, 0.2) is 5.78 Å². The average molecular weight is 466 g/mol. The van der Waals surface area contributed by atoms with Gasteiger partial charge in [-0.2, -0.15) is 4.31 Å². The number of carbonyl (C=O) groups is 1. The Hall–Kier alpha value is -1.90. The fourth-order valence-electron chi connectivity index (χ4n) is 3.78. The van der Waals surface area contributed by atoms with Crippen molar-refractivity contribution in [3.05, 3.63) is 52.5 Å². The van der Waals surface area contributed by atoms with Gasteiger partial charge in [0.25, 0.3) is 0 Å². The van der Waals surface area contributed by atoms with E-state index in [1.54, 1.807) is 36.4 Å². The number of nitrogens with zero attached hydrogens (tertiary/aromatic N) is 1. The van der Waals surface area contributed by atoms with Crippen LogP contribution in [0.4, 0.5) is 0 Å². The second-order valence-corrected chi connectivity index (χ2v) is 9.96. The van der Waals surface area contributed by atoms with E-state index in [-0.39, 0.29) is 17.1 Å². The van der Waals surface area contributed by atoms with E-state index in [1.165, 1.54) is 11.4 Å². The first-order chi connectivity index (χ1) is 13.3. The molecule has 0 aliphatic carbocycles. The van der Waals surface area contributed by atoms with Gasteiger partial charge in [-0.1, -0.05) is 15.9 Å². The van der Waals surface area contributed by atoms with Crippen molar-refractivity contribution < 1.29 is 22.7 Å². The Labute approximate surface area is 172 Å². The van der Waals surface area contributed by atoms with E-state index in [2.05, 4.69) is 15.9 Å². The van der Waals surface area contributed by atoms with Crippen LogP contribution in [0.5, 0.6) is 11.5 Å². The molecular weight excluding hydrogens is 446 g/mol. The number of carbonyl (C=O) groups excluding carboxylic acids is 1. The third-order valence-electron chi connectivity index (χ3n) is 5.38. The first kappa shape index (κ1) is 19.4. The first-order valence-corrected chi connectivity index (χ1v) is 11.2. The number of hydrogen-bond donors (Lipinski definition) is 0. The van der Waals surface area contributed by atoms with Gasteiger partial charge in [-0.25, -0.2) is 8.42 Å². The van der Waals surface area contributed by atoms with Crippen LogP contribution in [0, 0.1) is 0 Å². The van der Waals surface area contributed by atoms with Gasteiger partial charge >= 0.3 is 0 Å². The highest BCUT2D eigenvalue weighted by molar-refractivity contribution is 9.10. The topological polar surface area (TPSA) is 72.9 Å². The summed E-state index contributed by atoms with van der Waals surface area (Å²) in [7, 11) is -2.05. The Morgan fingerprint density at radius 1 is 1.11 bits per heavy atom. The largest absolute Gasteiger partial charge is 0.497 e. The summed E-state index contributed by atoms with van der Waals surface area (Å²) >= 11 is 3.38. The molecule has 0 atom stereocenters. The summed E-state index contributed by atoms with van der Waals surface area (Å²) in [5, 5.41) is 0. The van der Waals surface area contributed by atoms with E-state index in [1.807, 2.05) is 6.07 Å². The molecule has 2 aliphatic heterocycles. The highest BCUT2D eigenvalue weighted by atomic mass is 79.9. The Kier molecular flexibility index (Phi) is 4.97. The van der Waals surface area contributed by atoms with Crippen LogP contribution in [0.2, 0.25) is 0 Å². The highest BCUT2D eigenvalue weighted by Crippen LogP contribution is 2.41. The number of rotatable bonds is 3. The van der Waals surface area contributed by atoms with Gasteiger partial charge in [-0.15, -0.1) is 0 Å². The van der Waals surface area contributed by atoms with Crippen LogP contribution in [0.25, 0.3) is 0 Å². The normalized spacial score (nSPS) is 19.1. The molecule has 2 aromatic rings. The Morgan fingerprint density at radius 2 is 1.79 bits per heavy atom. The lowest BCUT2D eigenvalue weighted by Gasteiger charge is -2.43. The van der Waals surface area contributed by atoms with Gasteiger partial charge in [-0.05, 0) is 42.5 Å². The van der Waals surface area contributed by atoms with Gasteiger partial charge < -0.3 is 9.47 Å². The van der Waals surface area contributed by atoms with Crippen molar-refractivity contribution in [3.8, 4) is 11.5 Å². The molecule has 0 aromatic heterocycles. The molecule has 2 aliphatic rings. The van der Waals surface area contributed by atoms with Crippen LogP contribution < -0.4 is 9.47 Å². The molecule has 0 unspecified atom stereocenters. The van der Waals surface area contributed by atoms with E-state index < -0.39 is 15.6 Å². The van der Waals surface area contributed by atoms with Crippen LogP contribution >= 0.6 is 15.9 Å². The van der Waals surface area contributed by atoms with E-state index in [4.69, 9.17) is 9.47 Å². The van der Waals surface area contributed by atoms with Crippen molar-refractivity contribution in [3.63, 3.8) is 0 Å². The maximum Gasteiger partial charge on any atom is 0.243 e. The van der Waals surface area contributed by atoms with Crippen LogP contribution in [-0.2, 0) is 10.0 Å². The number of halogens is 1. The van der Waals surface area contributed by atoms with E-state index in [0.717, 1.165) is 4.47 Å². The number of Topliss-reactive ketones (excluding diaryl/α,β-unsaturated/α-hetero) is 1. The summed E-state index contributed by atoms with van der Waals surface area (Å²) in [6.45, 7) is 0.626. The maximum atomic E-state index is 12.9. The summed E-state index contributed by atoms with van der Waals surface area (Å²) in [5.41, 5.74) is -0.0580. The van der Waals surface area contributed by atoms with Crippen LogP contribution in [0.3, 0.4) is 0 Å². The fourth-order valence-corrected chi connectivity index (χ4v) is 5.58. The zero-order valence-electron chi connectivity index (χ0n) is 15.4.